The van der Waals surface area contributed by atoms with E-state index in [0.29, 0.717) is 16.1 Å². The molecular formula is C15H9Cl3N8. The molecule has 11 heteroatoms. The van der Waals surface area contributed by atoms with E-state index in [-0.39, 0.29) is 38.9 Å². The van der Waals surface area contributed by atoms with Crippen LogP contribution in [-0.2, 0) is 0 Å². The fourth-order valence-corrected chi connectivity index (χ4v) is 3.30. The van der Waals surface area contributed by atoms with Crippen molar-refractivity contribution in [1.82, 2.24) is 10.3 Å². The molecule has 1 aliphatic heterocycles. The van der Waals surface area contributed by atoms with E-state index in [0.717, 1.165) is 0 Å². The summed E-state index contributed by atoms with van der Waals surface area (Å²) in [5, 5.41) is 24.2. The van der Waals surface area contributed by atoms with Crippen molar-refractivity contribution in [2.45, 2.75) is 6.04 Å². The maximum atomic E-state index is 9.31. The third kappa shape index (κ3) is 2.91. The first-order chi connectivity index (χ1) is 12.4. The Bertz CT molecular complexity index is 1030. The number of nitriles is 2. The standard InChI is InChI=1S/C15H9Cl3N8/c16-5-1-6(10(18)8(17)2-5)12-9-11(21)7(3-19)13(22)25-14(9)26-15(24-12)23-4-20/h1-2,12H,(H6,21,22,23,24,25,26). The van der Waals surface area contributed by atoms with Gasteiger partial charge in [0.25, 0.3) is 0 Å². The number of hydrogen-bond donors (Lipinski definition) is 4. The molecule has 2 heterocycles. The molecule has 0 amide bonds. The molecule has 1 aromatic heterocycles. The molecule has 0 spiro atoms. The third-order valence-electron chi connectivity index (χ3n) is 3.67. The first kappa shape index (κ1) is 17.9. The molecule has 0 fully saturated rings. The van der Waals surface area contributed by atoms with Gasteiger partial charge in [-0.15, -0.1) is 0 Å². The zero-order valence-corrected chi connectivity index (χ0v) is 15.1. The molecule has 0 bridgehead atoms. The van der Waals surface area contributed by atoms with Gasteiger partial charge in [0.15, 0.2) is 6.19 Å². The number of halogens is 3. The lowest BCUT2D eigenvalue weighted by molar-refractivity contribution is 0.847. The Morgan fingerprint density at radius 2 is 1.92 bits per heavy atom. The highest BCUT2D eigenvalue weighted by atomic mass is 35.5. The van der Waals surface area contributed by atoms with Gasteiger partial charge in [-0.1, -0.05) is 34.8 Å². The molecule has 3 rings (SSSR count). The van der Waals surface area contributed by atoms with E-state index < -0.39 is 6.04 Å². The lowest BCUT2D eigenvalue weighted by Crippen LogP contribution is -2.32. The Balaban J connectivity index is 2.32. The second-order valence-corrected chi connectivity index (χ2v) is 6.41. The smallest absolute Gasteiger partial charge is 0.211 e. The second kappa shape index (κ2) is 6.77. The molecule has 1 atom stereocenters. The topological polar surface area (TPSA) is 149 Å². The van der Waals surface area contributed by atoms with Crippen molar-refractivity contribution in [2.24, 2.45) is 4.99 Å². The third-order valence-corrected chi connectivity index (χ3v) is 4.71. The van der Waals surface area contributed by atoms with Crippen molar-refractivity contribution < 1.29 is 0 Å². The number of nitrogens with one attached hydrogen (secondary N) is 2. The van der Waals surface area contributed by atoms with Gasteiger partial charge >= 0.3 is 0 Å². The van der Waals surface area contributed by atoms with Gasteiger partial charge < -0.3 is 16.8 Å². The molecule has 8 nitrogen and oxygen atoms in total. The van der Waals surface area contributed by atoms with Crippen LogP contribution in [0.2, 0.25) is 15.1 Å². The molecule has 1 unspecified atom stereocenters. The average Bonchev–Trinajstić information content (AvgIpc) is 2.58. The summed E-state index contributed by atoms with van der Waals surface area (Å²) in [5.41, 5.74) is 12.9. The van der Waals surface area contributed by atoms with Crippen LogP contribution in [0, 0.1) is 22.8 Å². The Morgan fingerprint density at radius 1 is 1.19 bits per heavy atom. The number of rotatable bonds is 1. The Hall–Kier alpha value is -2.91. The first-order valence-corrected chi connectivity index (χ1v) is 8.14. The van der Waals surface area contributed by atoms with Gasteiger partial charge in [0.05, 0.1) is 15.7 Å². The van der Waals surface area contributed by atoms with Crippen molar-refractivity contribution in [3.63, 3.8) is 0 Å². The highest BCUT2D eigenvalue weighted by Crippen LogP contribution is 2.44. The van der Waals surface area contributed by atoms with Crippen molar-refractivity contribution in [1.29, 1.82) is 10.5 Å². The van der Waals surface area contributed by atoms with Crippen LogP contribution in [0.5, 0.6) is 0 Å². The van der Waals surface area contributed by atoms with E-state index in [1.807, 2.05) is 6.07 Å². The van der Waals surface area contributed by atoms with Gasteiger partial charge in [-0.05, 0) is 12.1 Å². The summed E-state index contributed by atoms with van der Waals surface area (Å²) in [5.74, 6) is 0.292. The van der Waals surface area contributed by atoms with Crippen molar-refractivity contribution in [2.75, 3.05) is 16.8 Å². The van der Waals surface area contributed by atoms with Gasteiger partial charge in [-0.25, -0.2) is 9.98 Å². The van der Waals surface area contributed by atoms with Crippen LogP contribution >= 0.6 is 34.8 Å². The van der Waals surface area contributed by atoms with E-state index in [4.69, 9.17) is 51.5 Å². The molecule has 2 aromatic rings. The molecule has 1 aliphatic rings. The molecule has 0 radical (unpaired) electrons. The monoisotopic (exact) mass is 406 g/mol. The minimum absolute atomic E-state index is 0.0201. The number of pyridine rings is 1. The number of benzene rings is 1. The zero-order chi connectivity index (χ0) is 19.0. The molecule has 0 saturated heterocycles. The van der Waals surface area contributed by atoms with Gasteiger partial charge in [-0.2, -0.15) is 10.5 Å². The van der Waals surface area contributed by atoms with Gasteiger partial charge in [0.2, 0.25) is 5.96 Å². The molecular weight excluding hydrogens is 399 g/mol. The molecule has 0 saturated carbocycles. The van der Waals surface area contributed by atoms with Crippen molar-refractivity contribution >= 4 is 58.1 Å². The Morgan fingerprint density at radius 3 is 2.58 bits per heavy atom. The molecule has 130 valence electrons. The quantitative estimate of drug-likeness (QED) is 0.322. The summed E-state index contributed by atoms with van der Waals surface area (Å²) in [6.07, 6.45) is 1.76. The molecule has 1 aromatic carbocycles. The predicted octanol–water partition coefficient (Wildman–Crippen LogP) is 3.02. The zero-order valence-electron chi connectivity index (χ0n) is 12.8. The number of hydrogen-bond acceptors (Lipinski definition) is 8. The van der Waals surface area contributed by atoms with Crippen LogP contribution in [0.4, 0.5) is 17.3 Å². The van der Waals surface area contributed by atoms with Crippen LogP contribution in [0.25, 0.3) is 0 Å². The predicted molar refractivity (Wildman–Crippen MR) is 101 cm³/mol. The van der Waals surface area contributed by atoms with Gasteiger partial charge in [0.1, 0.15) is 29.3 Å². The lowest BCUT2D eigenvalue weighted by Gasteiger charge is -2.27. The summed E-state index contributed by atoms with van der Waals surface area (Å²) in [4.78, 5) is 8.55. The average molecular weight is 408 g/mol. The highest BCUT2D eigenvalue weighted by Gasteiger charge is 2.31. The van der Waals surface area contributed by atoms with E-state index in [2.05, 4.69) is 20.6 Å². The summed E-state index contributed by atoms with van der Waals surface area (Å²) in [7, 11) is 0. The summed E-state index contributed by atoms with van der Waals surface area (Å²) in [6.45, 7) is 0. The number of aliphatic imine (C=N–C) groups is 1. The number of nitrogens with two attached hydrogens (primary N) is 2. The number of fused-ring (bicyclic) bond motifs is 1. The fourth-order valence-electron chi connectivity index (χ4n) is 2.58. The molecule has 0 aliphatic carbocycles. The van der Waals surface area contributed by atoms with Crippen LogP contribution in [0.1, 0.15) is 22.7 Å². The second-order valence-electron chi connectivity index (χ2n) is 5.19. The number of anilines is 3. The van der Waals surface area contributed by atoms with E-state index in [9.17, 15) is 5.26 Å². The van der Waals surface area contributed by atoms with Gasteiger partial charge in [0, 0.05) is 16.1 Å². The van der Waals surface area contributed by atoms with Crippen molar-refractivity contribution in [3.8, 4) is 12.3 Å². The fraction of sp³-hybridized carbons (Fsp3) is 0.0667. The number of aromatic nitrogens is 1. The number of guanidine groups is 1. The maximum Gasteiger partial charge on any atom is 0.211 e. The van der Waals surface area contributed by atoms with Crippen LogP contribution < -0.4 is 22.1 Å². The largest absolute Gasteiger partial charge is 0.397 e. The van der Waals surface area contributed by atoms with E-state index in [1.165, 1.54) is 6.07 Å². The molecule has 26 heavy (non-hydrogen) atoms. The minimum Gasteiger partial charge on any atom is -0.397 e. The minimum atomic E-state index is -0.814. The van der Waals surface area contributed by atoms with E-state index >= 15 is 0 Å². The first-order valence-electron chi connectivity index (χ1n) is 7.00. The SMILES string of the molecule is N#CNC1=NC(c2cc(Cl)cc(Cl)c2Cl)c2c(nc(N)c(C#N)c2N)N1. The van der Waals surface area contributed by atoms with Crippen molar-refractivity contribution in [3.05, 3.63) is 43.9 Å². The summed E-state index contributed by atoms with van der Waals surface area (Å²) < 4.78 is 0. The highest BCUT2D eigenvalue weighted by molar-refractivity contribution is 6.43. The Kier molecular flexibility index (Phi) is 4.66. The normalized spacial score (nSPS) is 15.1. The lowest BCUT2D eigenvalue weighted by atomic mass is 9.95. The van der Waals surface area contributed by atoms with E-state index in [1.54, 1.807) is 12.3 Å². The number of nitrogens with zero attached hydrogens (tertiary/aromatic N) is 4. The number of nitrogen functional groups attached to an aromatic ring is 2. The Labute approximate surface area is 163 Å². The van der Waals surface area contributed by atoms with Gasteiger partial charge in [-0.3, -0.25) is 5.32 Å². The molecule has 6 N–H and O–H groups in total. The summed E-state index contributed by atoms with van der Waals surface area (Å²) in [6, 6.07) is 4.16. The van der Waals surface area contributed by atoms with Crippen LogP contribution in [-0.4, -0.2) is 10.9 Å². The maximum absolute atomic E-state index is 9.31. The van der Waals surface area contributed by atoms with Crippen LogP contribution in [0.3, 0.4) is 0 Å². The summed E-state index contributed by atoms with van der Waals surface area (Å²) >= 11 is 18.5. The van der Waals surface area contributed by atoms with Crippen LogP contribution in [0.15, 0.2) is 17.1 Å².